The van der Waals surface area contributed by atoms with Gasteiger partial charge in [0.25, 0.3) is 0 Å². The second-order valence-corrected chi connectivity index (χ2v) is 6.19. The molecule has 0 aliphatic carbocycles. The Labute approximate surface area is 127 Å². The van der Waals surface area contributed by atoms with Crippen molar-refractivity contribution >= 4 is 17.7 Å². The number of hydrogen-bond donors (Lipinski definition) is 2. The van der Waals surface area contributed by atoms with Gasteiger partial charge < -0.3 is 20.5 Å². The lowest BCUT2D eigenvalue weighted by Crippen LogP contribution is -2.42. The van der Waals surface area contributed by atoms with E-state index in [9.17, 15) is 19.7 Å². The number of rotatable bonds is 7. The second-order valence-electron chi connectivity index (χ2n) is 6.19. The van der Waals surface area contributed by atoms with Crippen molar-refractivity contribution in [1.82, 2.24) is 15.1 Å². The Balaban J connectivity index is 2.59. The van der Waals surface area contributed by atoms with Gasteiger partial charge in [0.05, 0.1) is 17.4 Å². The SMILES string of the molecule is CC(C)(C)CCC(NC(=O)Cn1ccc([N+](=O)[O-])n1)C(=O)O. The van der Waals surface area contributed by atoms with Gasteiger partial charge in [-0.15, -0.1) is 0 Å². The largest absolute Gasteiger partial charge is 0.480 e. The number of aliphatic carboxylic acids is 1. The highest BCUT2D eigenvalue weighted by atomic mass is 16.6. The molecule has 0 bridgehead atoms. The van der Waals surface area contributed by atoms with E-state index in [1.165, 1.54) is 12.3 Å². The van der Waals surface area contributed by atoms with E-state index in [1.54, 1.807) is 0 Å². The maximum atomic E-state index is 11.8. The van der Waals surface area contributed by atoms with Crippen molar-refractivity contribution in [2.75, 3.05) is 0 Å². The molecule has 1 aromatic heterocycles. The first-order valence-electron chi connectivity index (χ1n) is 6.78. The summed E-state index contributed by atoms with van der Waals surface area (Å²) in [4.78, 5) is 32.8. The van der Waals surface area contributed by atoms with E-state index in [1.807, 2.05) is 20.8 Å². The molecule has 1 heterocycles. The van der Waals surface area contributed by atoms with Crippen molar-refractivity contribution in [3.8, 4) is 0 Å². The van der Waals surface area contributed by atoms with Crippen molar-refractivity contribution in [2.45, 2.75) is 46.2 Å². The van der Waals surface area contributed by atoms with Crippen LogP contribution in [0.3, 0.4) is 0 Å². The Kier molecular flexibility index (Phi) is 5.61. The van der Waals surface area contributed by atoms with Crippen molar-refractivity contribution in [2.24, 2.45) is 5.41 Å². The average molecular weight is 312 g/mol. The third-order valence-corrected chi connectivity index (χ3v) is 2.94. The number of nitrogens with zero attached hydrogens (tertiary/aromatic N) is 3. The maximum absolute atomic E-state index is 11.8. The Morgan fingerprint density at radius 2 is 2.14 bits per heavy atom. The lowest BCUT2D eigenvalue weighted by molar-refractivity contribution is -0.389. The van der Waals surface area contributed by atoms with Crippen molar-refractivity contribution < 1.29 is 19.6 Å². The molecule has 1 aromatic rings. The minimum absolute atomic E-state index is 0.0407. The van der Waals surface area contributed by atoms with Crippen LogP contribution in [-0.4, -0.2) is 37.7 Å². The molecule has 1 amide bonds. The predicted octanol–water partition coefficient (Wildman–Crippen LogP) is 1.19. The zero-order chi connectivity index (χ0) is 16.9. The van der Waals surface area contributed by atoms with Gasteiger partial charge in [0.15, 0.2) is 0 Å². The Bertz CT molecular complexity index is 561. The van der Waals surface area contributed by atoms with E-state index in [4.69, 9.17) is 5.11 Å². The summed E-state index contributed by atoms with van der Waals surface area (Å²) in [6, 6.07) is 0.180. The highest BCUT2D eigenvalue weighted by Gasteiger charge is 2.23. The number of amides is 1. The number of aromatic nitrogens is 2. The number of carboxylic acid groups (broad SMARTS) is 1. The van der Waals surface area contributed by atoms with Crippen LogP contribution in [0.2, 0.25) is 0 Å². The first kappa shape index (κ1) is 17.6. The van der Waals surface area contributed by atoms with Gasteiger partial charge in [-0.3, -0.25) is 4.79 Å². The summed E-state index contributed by atoms with van der Waals surface area (Å²) < 4.78 is 1.09. The van der Waals surface area contributed by atoms with Gasteiger partial charge in [-0.05, 0) is 23.2 Å². The van der Waals surface area contributed by atoms with Gasteiger partial charge in [0.1, 0.15) is 12.6 Å². The average Bonchev–Trinajstić information content (AvgIpc) is 2.81. The minimum atomic E-state index is -1.11. The van der Waals surface area contributed by atoms with Crippen LogP contribution in [0, 0.1) is 15.5 Å². The molecule has 1 rings (SSSR count). The first-order valence-corrected chi connectivity index (χ1v) is 6.78. The van der Waals surface area contributed by atoms with Gasteiger partial charge in [-0.25, -0.2) is 4.79 Å². The van der Waals surface area contributed by atoms with Gasteiger partial charge in [0, 0.05) is 0 Å². The maximum Gasteiger partial charge on any atom is 0.389 e. The zero-order valence-electron chi connectivity index (χ0n) is 12.8. The molecule has 0 aliphatic rings. The van der Waals surface area contributed by atoms with Gasteiger partial charge in [0.2, 0.25) is 5.91 Å². The molecule has 1 atom stereocenters. The summed E-state index contributed by atoms with van der Waals surface area (Å²) in [6.07, 6.45) is 2.24. The second kappa shape index (κ2) is 7.01. The monoisotopic (exact) mass is 312 g/mol. The number of carboxylic acids is 1. The molecule has 1 unspecified atom stereocenters. The Morgan fingerprint density at radius 1 is 1.50 bits per heavy atom. The molecular formula is C13H20N4O5. The minimum Gasteiger partial charge on any atom is -0.480 e. The molecule has 2 N–H and O–H groups in total. The van der Waals surface area contributed by atoms with Crippen molar-refractivity contribution in [3.63, 3.8) is 0 Å². The third kappa shape index (κ3) is 5.90. The lowest BCUT2D eigenvalue weighted by Gasteiger charge is -2.21. The highest BCUT2D eigenvalue weighted by Crippen LogP contribution is 2.21. The van der Waals surface area contributed by atoms with Gasteiger partial charge in [-0.2, -0.15) is 4.68 Å². The molecule has 0 saturated heterocycles. The summed E-state index contributed by atoms with van der Waals surface area (Å²) in [7, 11) is 0. The van der Waals surface area contributed by atoms with E-state index in [0.717, 1.165) is 4.68 Å². The van der Waals surface area contributed by atoms with Crippen LogP contribution in [0.25, 0.3) is 0 Å². The highest BCUT2D eigenvalue weighted by molar-refractivity contribution is 5.83. The number of carbonyl (C=O) groups is 2. The molecule has 0 radical (unpaired) electrons. The van der Waals surface area contributed by atoms with Crippen molar-refractivity contribution in [3.05, 3.63) is 22.4 Å². The van der Waals surface area contributed by atoms with Crippen LogP contribution in [0.4, 0.5) is 5.82 Å². The van der Waals surface area contributed by atoms with Gasteiger partial charge in [-0.1, -0.05) is 20.8 Å². The van der Waals surface area contributed by atoms with Crippen LogP contribution < -0.4 is 5.32 Å². The molecule has 9 heteroatoms. The fourth-order valence-corrected chi connectivity index (χ4v) is 1.76. The van der Waals surface area contributed by atoms with Crippen LogP contribution in [0.1, 0.15) is 33.6 Å². The topological polar surface area (TPSA) is 127 Å². The van der Waals surface area contributed by atoms with E-state index in [2.05, 4.69) is 10.4 Å². The van der Waals surface area contributed by atoms with E-state index in [-0.39, 0.29) is 17.8 Å². The third-order valence-electron chi connectivity index (χ3n) is 2.94. The van der Waals surface area contributed by atoms with Crippen LogP contribution >= 0.6 is 0 Å². The Morgan fingerprint density at radius 3 is 2.59 bits per heavy atom. The van der Waals surface area contributed by atoms with Crippen LogP contribution in [0.15, 0.2) is 12.3 Å². The van der Waals surface area contributed by atoms with E-state index in [0.29, 0.717) is 12.8 Å². The molecule has 0 aliphatic heterocycles. The summed E-state index contributed by atoms with van der Waals surface area (Å²) >= 11 is 0. The predicted molar refractivity (Wildman–Crippen MR) is 77.1 cm³/mol. The molecule has 22 heavy (non-hydrogen) atoms. The lowest BCUT2D eigenvalue weighted by atomic mass is 9.88. The fraction of sp³-hybridized carbons (Fsp3) is 0.615. The van der Waals surface area contributed by atoms with Crippen LogP contribution in [0.5, 0.6) is 0 Å². The molecule has 0 saturated carbocycles. The van der Waals surface area contributed by atoms with Crippen LogP contribution in [-0.2, 0) is 16.1 Å². The van der Waals surface area contributed by atoms with Crippen molar-refractivity contribution in [1.29, 1.82) is 0 Å². The summed E-state index contributed by atoms with van der Waals surface area (Å²) in [5.74, 6) is -2.03. The number of nitro groups is 1. The summed E-state index contributed by atoms with van der Waals surface area (Å²) in [5.41, 5.74) is -0.0407. The molecule has 122 valence electrons. The summed E-state index contributed by atoms with van der Waals surface area (Å²) in [5, 5.41) is 25.6. The molecule has 9 nitrogen and oxygen atoms in total. The Hall–Kier alpha value is -2.45. The van der Waals surface area contributed by atoms with Gasteiger partial charge >= 0.3 is 11.8 Å². The number of nitrogens with one attached hydrogen (secondary N) is 1. The molecule has 0 aromatic carbocycles. The quantitative estimate of drug-likeness (QED) is 0.575. The molecule has 0 fully saturated rings. The first-order chi connectivity index (χ1) is 10.1. The standard InChI is InChI=1S/C13H20N4O5/c1-13(2,3)6-4-9(12(19)20)14-11(18)8-16-7-5-10(15-16)17(21)22/h5,7,9H,4,6,8H2,1-3H3,(H,14,18)(H,19,20). The van der Waals surface area contributed by atoms with E-state index < -0.39 is 22.8 Å². The van der Waals surface area contributed by atoms with E-state index >= 15 is 0 Å². The smallest absolute Gasteiger partial charge is 0.389 e. The molecular weight excluding hydrogens is 292 g/mol. The molecule has 0 spiro atoms. The number of hydrogen-bond acceptors (Lipinski definition) is 5. The summed E-state index contributed by atoms with van der Waals surface area (Å²) in [6.45, 7) is 5.68. The fourth-order valence-electron chi connectivity index (χ4n) is 1.76. The zero-order valence-corrected chi connectivity index (χ0v) is 12.8. The number of carbonyl (C=O) groups excluding carboxylic acids is 1. The normalized spacial score (nSPS) is 12.7.